The van der Waals surface area contributed by atoms with E-state index in [0.717, 1.165) is 19.4 Å². The summed E-state index contributed by atoms with van der Waals surface area (Å²) in [5.74, 6) is -0.443. The summed E-state index contributed by atoms with van der Waals surface area (Å²) in [4.78, 5) is 10.9. The summed E-state index contributed by atoms with van der Waals surface area (Å²) in [5.41, 5.74) is 0.194. The van der Waals surface area contributed by atoms with Crippen LogP contribution in [0.5, 0.6) is 5.75 Å². The zero-order valence-electron chi connectivity index (χ0n) is 10.3. The van der Waals surface area contributed by atoms with Gasteiger partial charge in [0.1, 0.15) is 12.4 Å². The molecule has 0 bridgehead atoms. The molecule has 1 aromatic carbocycles. The van der Waals surface area contributed by atoms with Gasteiger partial charge in [0.2, 0.25) is 0 Å². The highest BCUT2D eigenvalue weighted by atomic mass is 79.9. The molecule has 0 atom stereocenters. The van der Waals surface area contributed by atoms with E-state index >= 15 is 0 Å². The number of benzene rings is 1. The molecule has 0 aliphatic carbocycles. The molecule has 1 aromatic rings. The predicted molar refractivity (Wildman–Crippen MR) is 72.3 cm³/mol. The molecule has 4 nitrogen and oxygen atoms in total. The van der Waals surface area contributed by atoms with Gasteiger partial charge in [0.25, 0.3) is 0 Å². The van der Waals surface area contributed by atoms with Crippen LogP contribution in [0.4, 0.5) is 0 Å². The molecule has 1 N–H and O–H groups in total. The summed E-state index contributed by atoms with van der Waals surface area (Å²) < 4.78 is 11.3. The number of carboxylic acid groups (broad SMARTS) is 1. The van der Waals surface area contributed by atoms with Gasteiger partial charge in [-0.1, -0.05) is 13.3 Å². The molecule has 0 aliphatic rings. The number of carboxylic acids is 1. The average Bonchev–Trinajstić information content (AvgIpc) is 2.35. The summed E-state index contributed by atoms with van der Waals surface area (Å²) in [6.07, 6.45) is 2.15. The van der Waals surface area contributed by atoms with E-state index in [0.29, 0.717) is 23.4 Å². The van der Waals surface area contributed by atoms with Crippen molar-refractivity contribution in [1.29, 1.82) is 0 Å². The van der Waals surface area contributed by atoms with Crippen LogP contribution in [-0.2, 0) is 4.74 Å². The Morgan fingerprint density at radius 2 is 2.11 bits per heavy atom. The van der Waals surface area contributed by atoms with Gasteiger partial charge in [-0.25, -0.2) is 4.79 Å². The lowest BCUT2D eigenvalue weighted by molar-refractivity contribution is 0.0695. The van der Waals surface area contributed by atoms with Gasteiger partial charge in [-0.05, 0) is 40.5 Å². The standard InChI is InChI=1S/C13H17BrO4/c1-2-3-6-17-7-8-18-10-4-5-12(14)11(9-10)13(15)16/h4-5,9H,2-3,6-8H2,1H3,(H,15,16). The third-order valence-corrected chi connectivity index (χ3v) is 3.00. The van der Waals surface area contributed by atoms with E-state index in [9.17, 15) is 4.79 Å². The first-order valence-corrected chi connectivity index (χ1v) is 6.68. The van der Waals surface area contributed by atoms with Crippen molar-refractivity contribution in [2.45, 2.75) is 19.8 Å². The van der Waals surface area contributed by atoms with Crippen LogP contribution >= 0.6 is 15.9 Å². The molecule has 0 aliphatic heterocycles. The van der Waals surface area contributed by atoms with Gasteiger partial charge in [0, 0.05) is 11.1 Å². The number of ether oxygens (including phenoxy) is 2. The highest BCUT2D eigenvalue weighted by molar-refractivity contribution is 9.10. The van der Waals surface area contributed by atoms with Crippen molar-refractivity contribution in [3.63, 3.8) is 0 Å². The van der Waals surface area contributed by atoms with E-state index in [1.54, 1.807) is 12.1 Å². The highest BCUT2D eigenvalue weighted by Gasteiger charge is 2.09. The van der Waals surface area contributed by atoms with Crippen LogP contribution in [0.25, 0.3) is 0 Å². The van der Waals surface area contributed by atoms with E-state index in [-0.39, 0.29) is 5.56 Å². The predicted octanol–water partition coefficient (Wildman–Crippen LogP) is 3.34. The molecule has 0 unspecified atom stereocenters. The van der Waals surface area contributed by atoms with Crippen LogP contribution < -0.4 is 4.74 Å². The molecule has 18 heavy (non-hydrogen) atoms. The summed E-state index contributed by atoms with van der Waals surface area (Å²) in [7, 11) is 0. The van der Waals surface area contributed by atoms with Gasteiger partial charge < -0.3 is 14.6 Å². The van der Waals surface area contributed by atoms with Gasteiger partial charge in [0.05, 0.1) is 12.2 Å². The van der Waals surface area contributed by atoms with Crippen molar-refractivity contribution in [2.24, 2.45) is 0 Å². The van der Waals surface area contributed by atoms with E-state index in [1.165, 1.54) is 6.07 Å². The van der Waals surface area contributed by atoms with Gasteiger partial charge in [0.15, 0.2) is 0 Å². The molecule has 0 aromatic heterocycles. The quantitative estimate of drug-likeness (QED) is 0.747. The van der Waals surface area contributed by atoms with Crippen LogP contribution in [0.1, 0.15) is 30.1 Å². The fourth-order valence-corrected chi connectivity index (χ4v) is 1.74. The maximum atomic E-state index is 10.9. The van der Waals surface area contributed by atoms with Crippen LogP contribution in [0.2, 0.25) is 0 Å². The van der Waals surface area contributed by atoms with E-state index in [4.69, 9.17) is 14.6 Å². The lowest BCUT2D eigenvalue weighted by Gasteiger charge is -2.08. The minimum atomic E-state index is -0.980. The van der Waals surface area contributed by atoms with Crippen molar-refractivity contribution in [3.8, 4) is 5.75 Å². The Morgan fingerprint density at radius 3 is 2.78 bits per heavy atom. The number of unbranched alkanes of at least 4 members (excludes halogenated alkanes) is 1. The number of halogens is 1. The Morgan fingerprint density at radius 1 is 1.33 bits per heavy atom. The van der Waals surface area contributed by atoms with Crippen molar-refractivity contribution < 1.29 is 19.4 Å². The second-order valence-electron chi connectivity index (χ2n) is 3.76. The number of aromatic carboxylic acids is 1. The highest BCUT2D eigenvalue weighted by Crippen LogP contribution is 2.22. The molecular weight excluding hydrogens is 300 g/mol. The Balaban J connectivity index is 2.38. The smallest absolute Gasteiger partial charge is 0.336 e. The molecule has 5 heteroatoms. The van der Waals surface area contributed by atoms with E-state index in [2.05, 4.69) is 22.9 Å². The summed E-state index contributed by atoms with van der Waals surface area (Å²) >= 11 is 3.18. The zero-order valence-corrected chi connectivity index (χ0v) is 11.9. The molecule has 100 valence electrons. The molecule has 0 radical (unpaired) electrons. The second kappa shape index (κ2) is 8.11. The van der Waals surface area contributed by atoms with Crippen molar-refractivity contribution >= 4 is 21.9 Å². The molecule has 0 fully saturated rings. The van der Waals surface area contributed by atoms with Crippen LogP contribution in [0, 0.1) is 0 Å². The van der Waals surface area contributed by atoms with Crippen molar-refractivity contribution in [1.82, 2.24) is 0 Å². The van der Waals surface area contributed by atoms with Crippen molar-refractivity contribution in [3.05, 3.63) is 28.2 Å². The Labute approximate surface area is 115 Å². The fraction of sp³-hybridized carbons (Fsp3) is 0.462. The SMILES string of the molecule is CCCCOCCOc1ccc(Br)c(C(=O)O)c1. The van der Waals surface area contributed by atoms with Gasteiger partial charge in [-0.15, -0.1) is 0 Å². The van der Waals surface area contributed by atoms with Crippen LogP contribution in [0.15, 0.2) is 22.7 Å². The molecular formula is C13H17BrO4. The average molecular weight is 317 g/mol. The third-order valence-electron chi connectivity index (χ3n) is 2.31. The van der Waals surface area contributed by atoms with Gasteiger partial charge in [-0.3, -0.25) is 0 Å². The lowest BCUT2D eigenvalue weighted by Crippen LogP contribution is -2.08. The Hall–Kier alpha value is -1.07. The molecule has 0 spiro atoms. The molecule has 0 heterocycles. The molecule has 0 saturated heterocycles. The van der Waals surface area contributed by atoms with Gasteiger partial charge >= 0.3 is 5.97 Å². The first kappa shape index (κ1) is 15.0. The number of carbonyl (C=O) groups is 1. The Bertz CT molecular complexity index is 393. The maximum absolute atomic E-state index is 10.9. The maximum Gasteiger partial charge on any atom is 0.336 e. The monoisotopic (exact) mass is 316 g/mol. The second-order valence-corrected chi connectivity index (χ2v) is 4.62. The minimum absolute atomic E-state index is 0.194. The van der Waals surface area contributed by atoms with Crippen LogP contribution in [0.3, 0.4) is 0 Å². The molecule has 0 saturated carbocycles. The first-order valence-electron chi connectivity index (χ1n) is 5.88. The zero-order chi connectivity index (χ0) is 13.4. The summed E-state index contributed by atoms with van der Waals surface area (Å²) in [5, 5.41) is 8.95. The summed E-state index contributed by atoms with van der Waals surface area (Å²) in [6, 6.07) is 4.89. The van der Waals surface area contributed by atoms with Crippen LogP contribution in [-0.4, -0.2) is 30.9 Å². The third kappa shape index (κ3) is 5.06. The topological polar surface area (TPSA) is 55.8 Å². The molecule has 0 amide bonds. The number of hydrogen-bond donors (Lipinski definition) is 1. The largest absolute Gasteiger partial charge is 0.491 e. The fourth-order valence-electron chi connectivity index (χ4n) is 1.32. The lowest BCUT2D eigenvalue weighted by atomic mass is 10.2. The summed E-state index contributed by atoms with van der Waals surface area (Å²) in [6.45, 7) is 3.78. The normalized spacial score (nSPS) is 10.3. The minimum Gasteiger partial charge on any atom is -0.491 e. The Kier molecular flexibility index (Phi) is 6.75. The van der Waals surface area contributed by atoms with E-state index in [1.807, 2.05) is 0 Å². The van der Waals surface area contributed by atoms with Gasteiger partial charge in [-0.2, -0.15) is 0 Å². The molecule has 1 rings (SSSR count). The number of hydrogen-bond acceptors (Lipinski definition) is 3. The first-order chi connectivity index (χ1) is 8.65. The van der Waals surface area contributed by atoms with E-state index < -0.39 is 5.97 Å². The number of rotatable bonds is 8. The van der Waals surface area contributed by atoms with Crippen molar-refractivity contribution in [2.75, 3.05) is 19.8 Å².